The Morgan fingerprint density at radius 2 is 1.48 bits per heavy atom. The SMILES string of the molecule is CCO[Si](C#CCOCc1ccccc1)(OCC)OCC. The summed E-state index contributed by atoms with van der Waals surface area (Å²) >= 11 is 0. The molecule has 0 unspecified atom stereocenters. The average molecular weight is 308 g/mol. The van der Waals surface area contributed by atoms with Crippen molar-refractivity contribution in [2.75, 3.05) is 26.4 Å². The molecule has 0 spiro atoms. The van der Waals surface area contributed by atoms with Gasteiger partial charge in [0.05, 0.1) is 6.61 Å². The molecule has 5 heteroatoms. The summed E-state index contributed by atoms with van der Waals surface area (Å²) in [5, 5.41) is 0. The molecule has 0 aliphatic heterocycles. The van der Waals surface area contributed by atoms with Gasteiger partial charge < -0.3 is 18.0 Å². The van der Waals surface area contributed by atoms with E-state index in [-0.39, 0.29) is 0 Å². The van der Waals surface area contributed by atoms with Gasteiger partial charge in [-0.25, -0.2) is 0 Å². The lowest BCUT2D eigenvalue weighted by Gasteiger charge is -2.22. The van der Waals surface area contributed by atoms with Gasteiger partial charge >= 0.3 is 8.80 Å². The van der Waals surface area contributed by atoms with Crippen molar-refractivity contribution in [2.45, 2.75) is 27.4 Å². The summed E-state index contributed by atoms with van der Waals surface area (Å²) in [4.78, 5) is 0. The highest BCUT2D eigenvalue weighted by molar-refractivity contribution is 6.69. The molecule has 0 atom stereocenters. The van der Waals surface area contributed by atoms with E-state index in [0.717, 1.165) is 5.56 Å². The lowest BCUT2D eigenvalue weighted by molar-refractivity contribution is 0.0868. The summed E-state index contributed by atoms with van der Waals surface area (Å²) in [7, 11) is -2.87. The highest BCUT2D eigenvalue weighted by atomic mass is 28.4. The smallest absolute Gasteiger partial charge is 0.364 e. The summed E-state index contributed by atoms with van der Waals surface area (Å²) in [5.74, 6) is 2.97. The predicted octanol–water partition coefficient (Wildman–Crippen LogP) is 2.79. The maximum absolute atomic E-state index is 5.64. The van der Waals surface area contributed by atoms with Crippen LogP contribution >= 0.6 is 0 Å². The van der Waals surface area contributed by atoms with Crippen LogP contribution < -0.4 is 0 Å². The largest absolute Gasteiger partial charge is 0.591 e. The van der Waals surface area contributed by atoms with E-state index in [1.165, 1.54) is 0 Å². The van der Waals surface area contributed by atoms with Crippen molar-refractivity contribution in [1.82, 2.24) is 0 Å². The first-order chi connectivity index (χ1) is 10.3. The van der Waals surface area contributed by atoms with Gasteiger partial charge in [-0.2, -0.15) is 0 Å². The van der Waals surface area contributed by atoms with Crippen LogP contribution in [0.4, 0.5) is 0 Å². The lowest BCUT2D eigenvalue weighted by Crippen LogP contribution is -2.45. The van der Waals surface area contributed by atoms with E-state index in [1.54, 1.807) is 0 Å². The van der Waals surface area contributed by atoms with Crippen LogP contribution in [-0.4, -0.2) is 35.2 Å². The van der Waals surface area contributed by atoms with E-state index in [2.05, 4.69) is 11.5 Å². The van der Waals surface area contributed by atoms with E-state index >= 15 is 0 Å². The molecule has 1 aromatic rings. The first-order valence-corrected chi connectivity index (χ1v) is 9.02. The highest BCUT2D eigenvalue weighted by Gasteiger charge is 2.39. The quantitative estimate of drug-likeness (QED) is 0.399. The minimum atomic E-state index is -2.87. The monoisotopic (exact) mass is 308 g/mol. The van der Waals surface area contributed by atoms with E-state index < -0.39 is 8.80 Å². The molecule has 4 nitrogen and oxygen atoms in total. The zero-order chi connectivity index (χ0) is 15.4. The standard InChI is InChI=1S/C16H24O4Si/c1-4-18-21(19-5-2,20-6-3)14-10-13-17-15-16-11-8-7-9-12-16/h7-9,11-12H,4-6,13,15H2,1-3H3. The Morgan fingerprint density at radius 3 is 2.00 bits per heavy atom. The van der Waals surface area contributed by atoms with Gasteiger partial charge in [0.25, 0.3) is 0 Å². The average Bonchev–Trinajstić information content (AvgIpc) is 2.49. The van der Waals surface area contributed by atoms with Gasteiger partial charge in [0.2, 0.25) is 0 Å². The number of rotatable bonds is 9. The van der Waals surface area contributed by atoms with Crippen molar-refractivity contribution >= 4 is 8.80 Å². The third kappa shape index (κ3) is 6.89. The molecular weight excluding hydrogens is 284 g/mol. The fraction of sp³-hybridized carbons (Fsp3) is 0.500. The third-order valence-corrected chi connectivity index (χ3v) is 5.02. The summed E-state index contributed by atoms with van der Waals surface area (Å²) in [6.45, 7) is 8.16. The topological polar surface area (TPSA) is 36.9 Å². The Balaban J connectivity index is 2.50. The Hall–Kier alpha value is -1.16. The van der Waals surface area contributed by atoms with Crippen molar-refractivity contribution < 1.29 is 18.0 Å². The Morgan fingerprint density at radius 1 is 0.905 bits per heavy atom. The van der Waals surface area contributed by atoms with Gasteiger partial charge in [0.15, 0.2) is 0 Å². The van der Waals surface area contributed by atoms with Crippen LogP contribution in [0.2, 0.25) is 0 Å². The molecule has 0 heterocycles. The Kier molecular flexibility index (Phi) is 8.98. The van der Waals surface area contributed by atoms with E-state index in [4.69, 9.17) is 18.0 Å². The molecule has 0 aliphatic rings. The molecule has 0 radical (unpaired) electrons. The van der Waals surface area contributed by atoms with Crippen LogP contribution in [0, 0.1) is 11.5 Å². The van der Waals surface area contributed by atoms with Crippen molar-refractivity contribution in [2.24, 2.45) is 0 Å². The third-order valence-electron chi connectivity index (χ3n) is 2.53. The molecule has 0 saturated heterocycles. The van der Waals surface area contributed by atoms with E-state index in [0.29, 0.717) is 33.0 Å². The molecule has 0 aliphatic carbocycles. The summed E-state index contributed by atoms with van der Waals surface area (Å²) in [5.41, 5.74) is 4.15. The van der Waals surface area contributed by atoms with Crippen LogP contribution in [0.3, 0.4) is 0 Å². The van der Waals surface area contributed by atoms with E-state index in [9.17, 15) is 0 Å². The first kappa shape index (κ1) is 17.9. The van der Waals surface area contributed by atoms with Crippen molar-refractivity contribution in [3.8, 4) is 11.5 Å². The first-order valence-electron chi connectivity index (χ1n) is 7.29. The minimum Gasteiger partial charge on any atom is -0.364 e. The second kappa shape index (κ2) is 10.5. The van der Waals surface area contributed by atoms with Crippen LogP contribution in [0.1, 0.15) is 26.3 Å². The molecule has 0 aromatic heterocycles. The van der Waals surface area contributed by atoms with Crippen LogP contribution in [0.25, 0.3) is 0 Å². The van der Waals surface area contributed by atoms with Crippen molar-refractivity contribution in [1.29, 1.82) is 0 Å². The molecule has 0 amide bonds. The van der Waals surface area contributed by atoms with Gasteiger partial charge in [0, 0.05) is 19.8 Å². The van der Waals surface area contributed by atoms with Crippen LogP contribution in [0.5, 0.6) is 0 Å². The lowest BCUT2D eigenvalue weighted by atomic mass is 10.2. The molecule has 1 rings (SSSR count). The van der Waals surface area contributed by atoms with E-state index in [1.807, 2.05) is 51.1 Å². The summed E-state index contributed by atoms with van der Waals surface area (Å²) in [6.07, 6.45) is 0. The van der Waals surface area contributed by atoms with Gasteiger partial charge in [-0.05, 0) is 31.9 Å². The second-order valence-corrected chi connectivity index (χ2v) is 6.36. The fourth-order valence-electron chi connectivity index (χ4n) is 1.74. The van der Waals surface area contributed by atoms with Gasteiger partial charge in [-0.1, -0.05) is 36.3 Å². The highest BCUT2D eigenvalue weighted by Crippen LogP contribution is 2.08. The number of ether oxygens (including phenoxy) is 1. The molecular formula is C16H24O4Si. The Bertz CT molecular complexity index is 422. The van der Waals surface area contributed by atoms with Crippen molar-refractivity contribution in [3.05, 3.63) is 35.9 Å². The molecule has 1 aromatic carbocycles. The zero-order valence-electron chi connectivity index (χ0n) is 13.1. The number of hydrogen-bond acceptors (Lipinski definition) is 4. The van der Waals surface area contributed by atoms with Gasteiger partial charge in [-0.15, -0.1) is 0 Å². The minimum absolute atomic E-state index is 0.330. The molecule has 21 heavy (non-hydrogen) atoms. The van der Waals surface area contributed by atoms with Crippen LogP contribution in [-0.2, 0) is 24.6 Å². The zero-order valence-corrected chi connectivity index (χ0v) is 14.1. The van der Waals surface area contributed by atoms with Crippen LogP contribution in [0.15, 0.2) is 30.3 Å². The molecule has 0 fully saturated rings. The normalized spacial score (nSPS) is 11.0. The van der Waals surface area contributed by atoms with Crippen molar-refractivity contribution in [3.63, 3.8) is 0 Å². The summed E-state index contributed by atoms with van der Waals surface area (Å²) < 4.78 is 22.5. The maximum Gasteiger partial charge on any atom is 0.591 e. The molecule has 0 bridgehead atoms. The predicted molar refractivity (Wildman–Crippen MR) is 84.5 cm³/mol. The number of hydrogen-bond donors (Lipinski definition) is 0. The number of benzene rings is 1. The molecule has 116 valence electrons. The summed E-state index contributed by atoms with van der Waals surface area (Å²) in [6, 6.07) is 10.00. The van der Waals surface area contributed by atoms with Gasteiger partial charge in [-0.3, -0.25) is 0 Å². The maximum atomic E-state index is 5.64. The second-order valence-electron chi connectivity index (χ2n) is 4.14. The molecule has 0 saturated carbocycles. The fourth-order valence-corrected chi connectivity index (χ4v) is 3.64. The van der Waals surface area contributed by atoms with Gasteiger partial charge in [0.1, 0.15) is 6.61 Å². The molecule has 0 N–H and O–H groups in total. The Labute approximate surface area is 128 Å².